The number of nitrogens with one attached hydrogen (secondary N) is 2. The van der Waals surface area contributed by atoms with E-state index in [4.69, 9.17) is 11.6 Å². The molecule has 0 atom stereocenters. The molecule has 2 aromatic heterocycles. The summed E-state index contributed by atoms with van der Waals surface area (Å²) in [5.74, 6) is -0.443. The molecule has 0 saturated heterocycles. The van der Waals surface area contributed by atoms with Crippen LogP contribution in [0.25, 0.3) is 0 Å². The predicted molar refractivity (Wildman–Crippen MR) is 134 cm³/mol. The molecular formula is C22H24Cl2N4O2S2. The maximum Gasteiger partial charge on any atom is 0.284 e. The molecule has 0 unspecified atom stereocenters. The van der Waals surface area contributed by atoms with E-state index in [1.54, 1.807) is 12.1 Å². The Morgan fingerprint density at radius 3 is 2.59 bits per heavy atom. The van der Waals surface area contributed by atoms with Gasteiger partial charge in [0.25, 0.3) is 11.8 Å². The maximum atomic E-state index is 13.0. The number of thiophene rings is 1. The van der Waals surface area contributed by atoms with Crippen LogP contribution >= 0.6 is 46.7 Å². The Kier molecular flexibility index (Phi) is 7.62. The predicted octanol–water partition coefficient (Wildman–Crippen LogP) is 5.19. The Morgan fingerprint density at radius 2 is 1.88 bits per heavy atom. The van der Waals surface area contributed by atoms with Gasteiger partial charge in [0.2, 0.25) is 0 Å². The van der Waals surface area contributed by atoms with Crippen LogP contribution in [-0.4, -0.2) is 35.3 Å². The Labute approximate surface area is 206 Å². The van der Waals surface area contributed by atoms with Gasteiger partial charge in [0.05, 0.1) is 20.4 Å². The Hall–Kier alpha value is -1.97. The largest absolute Gasteiger partial charge is 0.342 e. The lowest BCUT2D eigenvalue weighted by Crippen LogP contribution is -2.41. The molecule has 2 amide bonds. The quantitative estimate of drug-likeness (QED) is 0.495. The van der Waals surface area contributed by atoms with Crippen LogP contribution in [0.2, 0.25) is 4.34 Å². The van der Waals surface area contributed by atoms with Crippen LogP contribution in [0, 0.1) is 0 Å². The molecule has 2 N–H and O–H groups in total. The van der Waals surface area contributed by atoms with Crippen molar-refractivity contribution in [1.82, 2.24) is 15.2 Å². The molecule has 0 spiro atoms. The molecule has 0 bridgehead atoms. The summed E-state index contributed by atoms with van der Waals surface area (Å²) in [5, 5.41) is 6.50. The topological polar surface area (TPSA) is 74.3 Å². The fourth-order valence-electron chi connectivity index (χ4n) is 3.58. The number of aromatic nitrogens is 1. The van der Waals surface area contributed by atoms with Crippen molar-refractivity contribution in [1.29, 1.82) is 0 Å². The average molecular weight is 512 g/mol. The maximum absolute atomic E-state index is 13.0. The van der Waals surface area contributed by atoms with E-state index in [0.29, 0.717) is 19.9 Å². The van der Waals surface area contributed by atoms with Gasteiger partial charge in [-0.15, -0.1) is 35.1 Å². The van der Waals surface area contributed by atoms with Crippen molar-refractivity contribution in [3.8, 4) is 0 Å². The zero-order valence-corrected chi connectivity index (χ0v) is 21.1. The number of nitrogens with zero attached hydrogens (tertiary/aromatic N) is 2. The van der Waals surface area contributed by atoms with Crippen LogP contribution in [-0.2, 0) is 18.5 Å². The molecule has 0 saturated carbocycles. The summed E-state index contributed by atoms with van der Waals surface area (Å²) >= 11 is 8.64. The first-order chi connectivity index (χ1) is 14.7. The van der Waals surface area contributed by atoms with E-state index in [1.807, 2.05) is 38.1 Å². The van der Waals surface area contributed by atoms with Crippen molar-refractivity contribution in [3.05, 3.63) is 66.8 Å². The average Bonchev–Trinajstić information content (AvgIpc) is 3.34. The van der Waals surface area contributed by atoms with Crippen molar-refractivity contribution in [2.75, 3.05) is 18.9 Å². The molecule has 1 aliphatic rings. The molecule has 1 aromatic carbocycles. The minimum atomic E-state index is -0.720. The molecule has 0 fully saturated rings. The van der Waals surface area contributed by atoms with Gasteiger partial charge in [0, 0.05) is 35.6 Å². The lowest BCUT2D eigenvalue weighted by molar-refractivity contribution is 0.0916. The monoisotopic (exact) mass is 510 g/mol. The van der Waals surface area contributed by atoms with Gasteiger partial charge >= 0.3 is 0 Å². The number of carbonyl (C=O) groups is 2. The lowest BCUT2D eigenvalue weighted by atomic mass is 9.92. The third kappa shape index (κ3) is 5.32. The van der Waals surface area contributed by atoms with Gasteiger partial charge in [0.15, 0.2) is 5.01 Å². The molecule has 3 heterocycles. The van der Waals surface area contributed by atoms with E-state index in [0.717, 1.165) is 35.6 Å². The summed E-state index contributed by atoms with van der Waals surface area (Å²) in [7, 11) is 2.07. The second-order valence-corrected chi connectivity index (χ2v) is 10.9. The Morgan fingerprint density at radius 1 is 1.12 bits per heavy atom. The molecule has 10 heteroatoms. The van der Waals surface area contributed by atoms with Gasteiger partial charge in [-0.25, -0.2) is 4.98 Å². The fraction of sp³-hybridized carbons (Fsp3) is 0.318. The number of halogens is 2. The van der Waals surface area contributed by atoms with E-state index >= 15 is 0 Å². The number of benzene rings is 1. The zero-order valence-electron chi connectivity index (χ0n) is 17.9. The molecule has 4 rings (SSSR count). The summed E-state index contributed by atoms with van der Waals surface area (Å²) in [5.41, 5.74) is 1.75. The second-order valence-electron chi connectivity index (χ2n) is 8.06. The number of carbonyl (C=O) groups excluding carboxylic acids is 2. The highest BCUT2D eigenvalue weighted by molar-refractivity contribution is 7.18. The lowest BCUT2D eigenvalue weighted by Gasteiger charge is -2.29. The third-order valence-electron chi connectivity index (χ3n) is 5.19. The van der Waals surface area contributed by atoms with Crippen molar-refractivity contribution >= 4 is 64.2 Å². The van der Waals surface area contributed by atoms with Crippen LogP contribution in [0.15, 0.2) is 36.4 Å². The Balaban J connectivity index is 0.00000289. The summed E-state index contributed by atoms with van der Waals surface area (Å²) in [4.78, 5) is 34.1. The van der Waals surface area contributed by atoms with Crippen LogP contribution in [0.4, 0.5) is 5.69 Å². The number of amides is 2. The highest BCUT2D eigenvalue weighted by atomic mass is 35.5. The van der Waals surface area contributed by atoms with Crippen LogP contribution in [0.1, 0.15) is 49.5 Å². The summed E-state index contributed by atoms with van der Waals surface area (Å²) < 4.78 is 0.563. The minimum absolute atomic E-state index is 0. The molecule has 6 nitrogen and oxygen atoms in total. The third-order valence-corrected chi connectivity index (χ3v) is 7.50. The summed E-state index contributed by atoms with van der Waals surface area (Å²) in [6.45, 7) is 5.58. The number of hydrogen-bond donors (Lipinski definition) is 2. The number of fused-ring (bicyclic) bond motifs is 1. The highest BCUT2D eigenvalue weighted by Crippen LogP contribution is 2.31. The number of likely N-dealkylation sites (N-methyl/N-ethyl adjacent to an activating group) is 1. The highest BCUT2D eigenvalue weighted by Gasteiger charge is 2.28. The number of thiazole rings is 1. The minimum Gasteiger partial charge on any atom is -0.342 e. The number of rotatable bonds is 5. The summed E-state index contributed by atoms with van der Waals surface area (Å²) in [6.07, 6.45) is 0.859. The van der Waals surface area contributed by atoms with Crippen molar-refractivity contribution in [2.24, 2.45) is 0 Å². The number of para-hydroxylation sites is 1. The Bertz CT molecular complexity index is 1140. The second kappa shape index (κ2) is 9.89. The molecule has 32 heavy (non-hydrogen) atoms. The number of anilines is 1. The van der Waals surface area contributed by atoms with E-state index < -0.39 is 5.54 Å². The smallest absolute Gasteiger partial charge is 0.284 e. The summed E-state index contributed by atoms with van der Waals surface area (Å²) in [6, 6.07) is 10.9. The standard InChI is InChI=1S/C22H23ClN4O2S2.ClH/c1-22(2,26-19(28)16-8-9-18(23)30-16)13-6-4-5-7-14(13)24-20(29)21-25-15-10-11-27(3)12-17(15)31-21;/h4-9H,10-12H2,1-3H3,(H,24,29)(H,26,28);1H. The van der Waals surface area contributed by atoms with Gasteiger partial charge in [-0.3, -0.25) is 9.59 Å². The molecular weight excluding hydrogens is 487 g/mol. The number of hydrogen-bond acceptors (Lipinski definition) is 6. The first-order valence-electron chi connectivity index (χ1n) is 9.89. The first kappa shape index (κ1) is 24.7. The normalized spacial score (nSPS) is 13.8. The van der Waals surface area contributed by atoms with Crippen LogP contribution in [0.5, 0.6) is 0 Å². The van der Waals surface area contributed by atoms with Crippen molar-refractivity contribution in [2.45, 2.75) is 32.4 Å². The van der Waals surface area contributed by atoms with Gasteiger partial charge in [-0.1, -0.05) is 29.8 Å². The fourth-order valence-corrected chi connectivity index (χ4v) is 5.60. The molecule has 1 aliphatic heterocycles. The van der Waals surface area contributed by atoms with Crippen LogP contribution < -0.4 is 10.6 Å². The van der Waals surface area contributed by atoms with Gasteiger partial charge in [0.1, 0.15) is 0 Å². The SMILES string of the molecule is CN1CCc2nc(C(=O)Nc3ccccc3C(C)(C)NC(=O)c3ccc(Cl)s3)sc2C1.Cl. The molecule has 0 aliphatic carbocycles. The van der Waals surface area contributed by atoms with E-state index in [1.165, 1.54) is 22.7 Å². The zero-order chi connectivity index (χ0) is 22.2. The van der Waals surface area contributed by atoms with Crippen molar-refractivity contribution in [3.63, 3.8) is 0 Å². The molecule has 0 radical (unpaired) electrons. The van der Waals surface area contributed by atoms with E-state index in [9.17, 15) is 9.59 Å². The molecule has 170 valence electrons. The van der Waals surface area contributed by atoms with Crippen LogP contribution in [0.3, 0.4) is 0 Å². The van der Waals surface area contributed by atoms with Gasteiger partial charge in [-0.05, 0) is 39.1 Å². The first-order valence-corrected chi connectivity index (χ1v) is 11.9. The van der Waals surface area contributed by atoms with E-state index in [2.05, 4.69) is 27.6 Å². The van der Waals surface area contributed by atoms with Gasteiger partial charge < -0.3 is 15.5 Å². The van der Waals surface area contributed by atoms with Gasteiger partial charge in [-0.2, -0.15) is 0 Å². The van der Waals surface area contributed by atoms with E-state index in [-0.39, 0.29) is 24.2 Å². The van der Waals surface area contributed by atoms with Crippen molar-refractivity contribution < 1.29 is 9.59 Å². The molecule has 3 aromatic rings.